The lowest BCUT2D eigenvalue weighted by Gasteiger charge is -2.34. The molecule has 0 aliphatic carbocycles. The Kier molecular flexibility index (Phi) is 5.24. The summed E-state index contributed by atoms with van der Waals surface area (Å²) >= 11 is 3.27. The third kappa shape index (κ3) is 3.96. The molecule has 23 heavy (non-hydrogen) atoms. The molecule has 128 valence electrons. The molecular weight excluding hydrogens is 400 g/mol. The molecule has 1 aromatic rings. The molecule has 0 atom stereocenters. The van der Waals surface area contributed by atoms with Gasteiger partial charge in [0.15, 0.2) is 0 Å². The standard InChI is InChI=1S/C14H21BrN2O4SSi/c1-16-14(18)17(10-21-7-8-23(2,3)4)12-6-5-11(15)9-13(12)22(16,19)20/h5-6,9H,7-8,10H2,1-4H3. The van der Waals surface area contributed by atoms with Crippen molar-refractivity contribution in [2.24, 2.45) is 0 Å². The highest BCUT2D eigenvalue weighted by molar-refractivity contribution is 9.10. The highest BCUT2D eigenvalue weighted by Gasteiger charge is 2.39. The molecule has 9 heteroatoms. The van der Waals surface area contributed by atoms with Crippen LogP contribution in [0.2, 0.25) is 25.7 Å². The number of sulfonamides is 1. The van der Waals surface area contributed by atoms with Crippen LogP contribution in [-0.4, -0.2) is 47.2 Å². The number of fused-ring (bicyclic) bond motifs is 1. The third-order valence-corrected chi connectivity index (χ3v) is 7.53. The number of hydrogen-bond acceptors (Lipinski definition) is 4. The summed E-state index contributed by atoms with van der Waals surface area (Å²) in [6.45, 7) is 7.33. The lowest BCUT2D eigenvalue weighted by molar-refractivity contribution is 0.144. The van der Waals surface area contributed by atoms with E-state index in [2.05, 4.69) is 35.6 Å². The van der Waals surface area contributed by atoms with E-state index in [-0.39, 0.29) is 11.6 Å². The number of urea groups is 1. The van der Waals surface area contributed by atoms with Gasteiger partial charge in [0.2, 0.25) is 0 Å². The summed E-state index contributed by atoms with van der Waals surface area (Å²) in [4.78, 5) is 13.8. The van der Waals surface area contributed by atoms with Gasteiger partial charge >= 0.3 is 6.03 Å². The van der Waals surface area contributed by atoms with Crippen molar-refractivity contribution in [1.82, 2.24) is 4.31 Å². The SMILES string of the molecule is CN1C(=O)N(COCC[Si](C)(C)C)c2ccc(Br)cc2S1(=O)=O. The molecule has 0 saturated carbocycles. The van der Waals surface area contributed by atoms with Crippen molar-refractivity contribution in [2.45, 2.75) is 30.6 Å². The molecule has 1 aliphatic heterocycles. The van der Waals surface area contributed by atoms with Crippen LogP contribution in [0.3, 0.4) is 0 Å². The zero-order valence-electron chi connectivity index (χ0n) is 13.7. The van der Waals surface area contributed by atoms with Crippen molar-refractivity contribution in [3.8, 4) is 0 Å². The van der Waals surface area contributed by atoms with Gasteiger partial charge in [-0.1, -0.05) is 35.6 Å². The number of anilines is 1. The quantitative estimate of drug-likeness (QED) is 0.541. The van der Waals surface area contributed by atoms with Gasteiger partial charge in [0, 0.05) is 26.2 Å². The fourth-order valence-corrected chi connectivity index (χ4v) is 4.69. The molecule has 0 radical (unpaired) electrons. The van der Waals surface area contributed by atoms with Crippen molar-refractivity contribution in [1.29, 1.82) is 0 Å². The van der Waals surface area contributed by atoms with Crippen LogP contribution < -0.4 is 4.90 Å². The van der Waals surface area contributed by atoms with E-state index < -0.39 is 24.1 Å². The van der Waals surface area contributed by atoms with E-state index in [0.29, 0.717) is 16.8 Å². The van der Waals surface area contributed by atoms with Gasteiger partial charge in [-0.15, -0.1) is 0 Å². The predicted octanol–water partition coefficient (Wildman–Crippen LogP) is 3.32. The van der Waals surface area contributed by atoms with Crippen molar-refractivity contribution in [2.75, 3.05) is 25.3 Å². The summed E-state index contributed by atoms with van der Waals surface area (Å²) in [7, 11) is -3.77. The van der Waals surface area contributed by atoms with Crippen molar-refractivity contribution in [3.63, 3.8) is 0 Å². The Morgan fingerprint density at radius 2 is 1.91 bits per heavy atom. The first-order valence-corrected chi connectivity index (χ1v) is 13.2. The van der Waals surface area contributed by atoms with Crippen LogP contribution in [0.4, 0.5) is 10.5 Å². The molecule has 0 unspecified atom stereocenters. The predicted molar refractivity (Wildman–Crippen MR) is 95.9 cm³/mol. The molecule has 2 rings (SSSR count). The Hall–Kier alpha value is -0.903. The molecule has 0 spiro atoms. The Balaban J connectivity index is 2.25. The summed E-state index contributed by atoms with van der Waals surface area (Å²) in [6.07, 6.45) is 0. The maximum absolute atomic E-state index is 12.4. The van der Waals surface area contributed by atoms with Crippen molar-refractivity contribution >= 4 is 45.7 Å². The fraction of sp³-hybridized carbons (Fsp3) is 0.500. The highest BCUT2D eigenvalue weighted by Crippen LogP contribution is 2.35. The molecule has 0 N–H and O–H groups in total. The van der Waals surface area contributed by atoms with E-state index in [1.807, 2.05) is 0 Å². The number of hydrogen-bond donors (Lipinski definition) is 0. The lowest BCUT2D eigenvalue weighted by atomic mass is 10.3. The fourth-order valence-electron chi connectivity index (χ4n) is 2.10. The Morgan fingerprint density at radius 1 is 1.26 bits per heavy atom. The number of carbonyl (C=O) groups is 1. The van der Waals surface area contributed by atoms with Gasteiger partial charge in [0.1, 0.15) is 11.6 Å². The van der Waals surface area contributed by atoms with E-state index in [9.17, 15) is 13.2 Å². The molecule has 1 aromatic carbocycles. The molecule has 1 aliphatic rings. The van der Waals surface area contributed by atoms with Gasteiger partial charge in [0.05, 0.1) is 5.69 Å². The number of amides is 2. The minimum atomic E-state index is -3.82. The Labute approximate surface area is 146 Å². The number of rotatable bonds is 5. The summed E-state index contributed by atoms with van der Waals surface area (Å²) < 4.78 is 31.8. The number of halogens is 1. The van der Waals surface area contributed by atoms with Gasteiger partial charge < -0.3 is 4.74 Å². The zero-order valence-corrected chi connectivity index (χ0v) is 17.1. The van der Waals surface area contributed by atoms with Crippen LogP contribution in [0.5, 0.6) is 0 Å². The third-order valence-electron chi connectivity index (χ3n) is 3.57. The van der Waals surface area contributed by atoms with Crippen molar-refractivity contribution in [3.05, 3.63) is 22.7 Å². The summed E-state index contributed by atoms with van der Waals surface area (Å²) in [5, 5.41) is 0. The van der Waals surface area contributed by atoms with E-state index >= 15 is 0 Å². The molecule has 0 aromatic heterocycles. The number of ether oxygens (including phenoxy) is 1. The molecule has 0 bridgehead atoms. The molecule has 0 fully saturated rings. The van der Waals surface area contributed by atoms with Crippen LogP contribution in [0.1, 0.15) is 0 Å². The number of benzene rings is 1. The Morgan fingerprint density at radius 3 is 2.52 bits per heavy atom. The van der Waals surface area contributed by atoms with Gasteiger partial charge in [-0.2, -0.15) is 0 Å². The maximum atomic E-state index is 12.4. The van der Waals surface area contributed by atoms with Crippen molar-refractivity contribution < 1.29 is 17.9 Å². The van der Waals surface area contributed by atoms with Crippen LogP contribution in [0, 0.1) is 0 Å². The normalized spacial score (nSPS) is 17.3. The van der Waals surface area contributed by atoms with Gasteiger partial charge in [-0.3, -0.25) is 4.90 Å². The second-order valence-corrected chi connectivity index (χ2v) is 15.1. The average Bonchev–Trinajstić information content (AvgIpc) is 2.44. The molecule has 1 heterocycles. The zero-order chi connectivity index (χ0) is 17.4. The van der Waals surface area contributed by atoms with Crippen LogP contribution in [-0.2, 0) is 14.8 Å². The first kappa shape index (κ1) is 18.4. The van der Waals surface area contributed by atoms with Gasteiger partial charge in [-0.05, 0) is 24.2 Å². The first-order valence-electron chi connectivity index (χ1n) is 7.22. The van der Waals surface area contributed by atoms with E-state index in [4.69, 9.17) is 4.74 Å². The van der Waals surface area contributed by atoms with E-state index in [1.165, 1.54) is 18.0 Å². The second-order valence-electron chi connectivity index (χ2n) is 6.64. The minimum absolute atomic E-state index is 0.0395. The van der Waals surface area contributed by atoms with E-state index in [0.717, 1.165) is 10.3 Å². The number of carbonyl (C=O) groups excluding carboxylic acids is 1. The largest absolute Gasteiger partial charge is 0.361 e. The summed E-state index contributed by atoms with van der Waals surface area (Å²) in [5.74, 6) is 0. The first-order chi connectivity index (χ1) is 10.5. The highest BCUT2D eigenvalue weighted by atomic mass is 79.9. The monoisotopic (exact) mass is 420 g/mol. The van der Waals surface area contributed by atoms with Crippen LogP contribution >= 0.6 is 15.9 Å². The summed E-state index contributed by atoms with van der Waals surface area (Å²) in [6, 6.07) is 5.21. The molecule has 6 nitrogen and oxygen atoms in total. The van der Waals surface area contributed by atoms with E-state index in [1.54, 1.807) is 12.1 Å². The van der Waals surface area contributed by atoms with Gasteiger partial charge in [-0.25, -0.2) is 17.5 Å². The minimum Gasteiger partial charge on any atom is -0.361 e. The van der Waals surface area contributed by atoms with Gasteiger partial charge in [0.25, 0.3) is 10.0 Å². The van der Waals surface area contributed by atoms with Crippen LogP contribution in [0.15, 0.2) is 27.6 Å². The summed E-state index contributed by atoms with van der Waals surface area (Å²) in [5.41, 5.74) is 0.351. The second kappa shape index (κ2) is 6.54. The van der Waals surface area contributed by atoms with Crippen LogP contribution in [0.25, 0.3) is 0 Å². The smallest absolute Gasteiger partial charge is 0.340 e. The lowest BCUT2D eigenvalue weighted by Crippen LogP contribution is -2.49. The maximum Gasteiger partial charge on any atom is 0.340 e. The molecule has 0 saturated heterocycles. The molecule has 2 amide bonds. The number of nitrogens with zero attached hydrogens (tertiary/aromatic N) is 2. The Bertz CT molecular complexity index is 718. The average molecular weight is 421 g/mol. The molecular formula is C14H21BrN2O4SSi. The topological polar surface area (TPSA) is 66.9 Å².